The number of hydrogen-bond acceptors (Lipinski definition) is 3. The number of allylic oxidation sites excluding steroid dienone is 2. The predicted octanol–water partition coefficient (Wildman–Crippen LogP) is 4.68. The van der Waals surface area contributed by atoms with E-state index in [1.165, 1.54) is 0 Å². The third-order valence-corrected chi connectivity index (χ3v) is 5.49. The van der Waals surface area contributed by atoms with Gasteiger partial charge in [0, 0.05) is 24.1 Å². The van der Waals surface area contributed by atoms with Gasteiger partial charge in [0.15, 0.2) is 5.78 Å². The number of para-hydroxylation sites is 1. The van der Waals surface area contributed by atoms with Crippen molar-refractivity contribution in [1.29, 1.82) is 0 Å². The lowest BCUT2D eigenvalue weighted by Gasteiger charge is -2.39. The zero-order chi connectivity index (χ0) is 18.3. The lowest BCUT2D eigenvalue weighted by atomic mass is 9.79. The number of Topliss-reactive ketones (excluding diaryl/α,β-unsaturated/α-hetero) is 1. The minimum Gasteiger partial charge on any atom is -0.469 e. The highest BCUT2D eigenvalue weighted by atomic mass is 16.3. The SMILES string of the molecule is CCc1cccc(C)c1N1C(=O)CC(c2ccco2)C2=C1CCCC2=O. The number of aryl methyl sites for hydroxylation is 2. The first-order chi connectivity index (χ1) is 12.6. The van der Waals surface area contributed by atoms with Gasteiger partial charge < -0.3 is 4.42 Å². The van der Waals surface area contributed by atoms with Gasteiger partial charge in [0.2, 0.25) is 5.91 Å². The number of carbonyl (C=O) groups excluding carboxylic acids is 2. The van der Waals surface area contributed by atoms with Crippen LogP contribution in [0.3, 0.4) is 0 Å². The fourth-order valence-corrected chi connectivity index (χ4v) is 4.31. The van der Waals surface area contributed by atoms with E-state index in [2.05, 4.69) is 13.0 Å². The van der Waals surface area contributed by atoms with Crippen molar-refractivity contribution < 1.29 is 14.0 Å². The lowest BCUT2D eigenvalue weighted by molar-refractivity contribution is -0.120. The van der Waals surface area contributed by atoms with Gasteiger partial charge in [-0.2, -0.15) is 0 Å². The molecule has 4 heteroatoms. The summed E-state index contributed by atoms with van der Waals surface area (Å²) in [5.41, 5.74) is 4.82. The number of anilines is 1. The molecule has 2 heterocycles. The number of amides is 1. The number of benzene rings is 1. The van der Waals surface area contributed by atoms with Gasteiger partial charge in [-0.3, -0.25) is 14.5 Å². The number of nitrogens with zero attached hydrogens (tertiary/aromatic N) is 1. The summed E-state index contributed by atoms with van der Waals surface area (Å²) in [6.07, 6.45) is 4.82. The standard InChI is InChI=1S/C22H23NO3/c1-3-15-8-4-7-14(2)22(15)23-17-9-5-10-18(24)21(17)16(13-20(23)25)19-11-6-12-26-19/h4,6-8,11-12,16H,3,5,9-10,13H2,1-2H3. The van der Waals surface area contributed by atoms with Crippen LogP contribution in [0.25, 0.3) is 0 Å². The van der Waals surface area contributed by atoms with Gasteiger partial charge in [-0.1, -0.05) is 25.1 Å². The Morgan fingerprint density at radius 3 is 2.73 bits per heavy atom. The average Bonchev–Trinajstić information content (AvgIpc) is 3.16. The molecule has 0 bridgehead atoms. The molecular weight excluding hydrogens is 326 g/mol. The molecule has 0 N–H and O–H groups in total. The van der Waals surface area contributed by atoms with E-state index < -0.39 is 0 Å². The minimum absolute atomic E-state index is 0.0452. The maximum atomic E-state index is 13.2. The molecule has 0 spiro atoms. The monoisotopic (exact) mass is 349 g/mol. The summed E-state index contributed by atoms with van der Waals surface area (Å²) < 4.78 is 5.57. The number of furan rings is 1. The first-order valence-electron chi connectivity index (χ1n) is 9.33. The zero-order valence-corrected chi connectivity index (χ0v) is 15.2. The molecule has 4 rings (SSSR count). The molecule has 1 aromatic carbocycles. The van der Waals surface area contributed by atoms with Gasteiger partial charge in [0.05, 0.1) is 17.9 Å². The Labute approximate surface area is 153 Å². The Balaban J connectivity index is 1.92. The first kappa shape index (κ1) is 16.8. The smallest absolute Gasteiger partial charge is 0.232 e. The van der Waals surface area contributed by atoms with E-state index in [-0.39, 0.29) is 24.0 Å². The van der Waals surface area contributed by atoms with Crippen molar-refractivity contribution in [2.45, 2.75) is 51.9 Å². The van der Waals surface area contributed by atoms with E-state index in [4.69, 9.17) is 4.42 Å². The molecule has 4 nitrogen and oxygen atoms in total. The van der Waals surface area contributed by atoms with Crippen LogP contribution in [0, 0.1) is 6.92 Å². The first-order valence-corrected chi connectivity index (χ1v) is 9.33. The summed E-state index contributed by atoms with van der Waals surface area (Å²) in [7, 11) is 0. The number of carbonyl (C=O) groups is 2. The predicted molar refractivity (Wildman–Crippen MR) is 100.0 cm³/mol. The average molecular weight is 349 g/mol. The molecule has 1 unspecified atom stereocenters. The Bertz CT molecular complexity index is 892. The van der Waals surface area contributed by atoms with Crippen molar-refractivity contribution in [3.63, 3.8) is 0 Å². The van der Waals surface area contributed by atoms with Crippen LogP contribution in [0.1, 0.15) is 55.4 Å². The molecule has 134 valence electrons. The largest absolute Gasteiger partial charge is 0.469 e. The number of hydrogen-bond donors (Lipinski definition) is 0. The molecule has 26 heavy (non-hydrogen) atoms. The molecule has 2 aromatic rings. The zero-order valence-electron chi connectivity index (χ0n) is 15.2. The van der Waals surface area contributed by atoms with Crippen molar-refractivity contribution >= 4 is 17.4 Å². The molecule has 0 radical (unpaired) electrons. The van der Waals surface area contributed by atoms with E-state index >= 15 is 0 Å². The van der Waals surface area contributed by atoms with Crippen LogP contribution in [-0.4, -0.2) is 11.7 Å². The third kappa shape index (κ3) is 2.61. The second-order valence-electron chi connectivity index (χ2n) is 7.07. The molecule has 0 fully saturated rings. The summed E-state index contributed by atoms with van der Waals surface area (Å²) in [5.74, 6) is 0.646. The van der Waals surface area contributed by atoms with Crippen LogP contribution in [0.2, 0.25) is 0 Å². The van der Waals surface area contributed by atoms with E-state index in [0.717, 1.165) is 47.3 Å². The van der Waals surface area contributed by atoms with Gasteiger partial charge in [0.25, 0.3) is 0 Å². The normalized spacial score (nSPS) is 20.5. The molecule has 1 aromatic heterocycles. The Morgan fingerprint density at radius 2 is 2.00 bits per heavy atom. The number of rotatable bonds is 3. The molecule has 1 atom stereocenters. The molecule has 1 aliphatic carbocycles. The molecular formula is C22H23NO3. The molecule has 1 aliphatic heterocycles. The third-order valence-electron chi connectivity index (χ3n) is 5.49. The van der Waals surface area contributed by atoms with E-state index in [1.54, 1.807) is 6.26 Å². The van der Waals surface area contributed by atoms with Crippen LogP contribution >= 0.6 is 0 Å². The second-order valence-corrected chi connectivity index (χ2v) is 7.07. The number of ketones is 1. The molecule has 0 saturated heterocycles. The highest BCUT2D eigenvalue weighted by molar-refractivity contribution is 6.08. The molecule has 2 aliphatic rings. The highest BCUT2D eigenvalue weighted by Crippen LogP contribution is 2.44. The minimum atomic E-state index is -0.259. The van der Waals surface area contributed by atoms with Crippen LogP contribution in [0.15, 0.2) is 52.3 Å². The van der Waals surface area contributed by atoms with E-state index in [9.17, 15) is 9.59 Å². The Morgan fingerprint density at radius 1 is 1.15 bits per heavy atom. The van der Waals surface area contributed by atoms with Crippen molar-refractivity contribution in [3.05, 3.63) is 64.8 Å². The summed E-state index contributed by atoms with van der Waals surface area (Å²) >= 11 is 0. The highest BCUT2D eigenvalue weighted by Gasteiger charge is 2.41. The quantitative estimate of drug-likeness (QED) is 0.808. The van der Waals surface area contributed by atoms with E-state index in [1.807, 2.05) is 36.1 Å². The van der Waals surface area contributed by atoms with Gasteiger partial charge in [0.1, 0.15) is 5.76 Å². The van der Waals surface area contributed by atoms with Gasteiger partial charge in [-0.05, 0) is 49.4 Å². The van der Waals surface area contributed by atoms with Crippen LogP contribution < -0.4 is 4.90 Å². The van der Waals surface area contributed by atoms with Crippen LogP contribution in [0.4, 0.5) is 5.69 Å². The molecule has 0 saturated carbocycles. The van der Waals surface area contributed by atoms with Crippen molar-refractivity contribution in [1.82, 2.24) is 0 Å². The maximum Gasteiger partial charge on any atom is 0.232 e. The Kier molecular flexibility index (Phi) is 4.27. The van der Waals surface area contributed by atoms with Gasteiger partial charge in [-0.25, -0.2) is 0 Å². The van der Waals surface area contributed by atoms with Crippen molar-refractivity contribution in [2.24, 2.45) is 0 Å². The van der Waals surface area contributed by atoms with E-state index in [0.29, 0.717) is 12.2 Å². The van der Waals surface area contributed by atoms with Gasteiger partial charge >= 0.3 is 0 Å². The van der Waals surface area contributed by atoms with Crippen molar-refractivity contribution in [2.75, 3.05) is 4.90 Å². The second kappa shape index (κ2) is 6.60. The summed E-state index contributed by atoms with van der Waals surface area (Å²) in [5, 5.41) is 0. The van der Waals surface area contributed by atoms with Gasteiger partial charge in [-0.15, -0.1) is 0 Å². The summed E-state index contributed by atoms with van der Waals surface area (Å²) in [6, 6.07) is 9.81. The lowest BCUT2D eigenvalue weighted by Crippen LogP contribution is -2.41. The fraction of sp³-hybridized carbons (Fsp3) is 0.364. The molecule has 1 amide bonds. The van der Waals surface area contributed by atoms with Crippen LogP contribution in [-0.2, 0) is 16.0 Å². The summed E-state index contributed by atoms with van der Waals surface area (Å²) in [4.78, 5) is 27.9. The topological polar surface area (TPSA) is 50.5 Å². The summed E-state index contributed by atoms with van der Waals surface area (Å²) in [6.45, 7) is 4.13. The Hall–Kier alpha value is -2.62. The van der Waals surface area contributed by atoms with Crippen molar-refractivity contribution in [3.8, 4) is 0 Å². The fourth-order valence-electron chi connectivity index (χ4n) is 4.31. The maximum absolute atomic E-state index is 13.2. The van der Waals surface area contributed by atoms with Crippen LogP contribution in [0.5, 0.6) is 0 Å².